The van der Waals surface area contributed by atoms with Gasteiger partial charge in [0, 0.05) is 36.2 Å². The topological polar surface area (TPSA) is 71.4 Å². The van der Waals surface area contributed by atoms with E-state index in [1.165, 1.54) is 0 Å². The maximum absolute atomic E-state index is 13.0. The molecule has 4 aromatic rings. The lowest BCUT2D eigenvalue weighted by atomic mass is 9.96. The van der Waals surface area contributed by atoms with Crippen molar-refractivity contribution in [1.82, 2.24) is 19.8 Å². The number of methoxy groups -OCH3 is 1. The lowest BCUT2D eigenvalue weighted by molar-refractivity contribution is -0.116. The summed E-state index contributed by atoms with van der Waals surface area (Å²) in [4.78, 5) is 19.7. The molecule has 194 valence electrons. The normalized spacial score (nSPS) is 16.8. The SMILES string of the molecule is COc1ccccc1NC(=O)CCN1C(=S)N[C@H](c2ccccn2)[C@H]1c1cc(C)n(-c2ccccc2)c1C. The minimum Gasteiger partial charge on any atom is -0.495 e. The molecule has 0 aliphatic carbocycles. The van der Waals surface area contributed by atoms with Gasteiger partial charge in [0.15, 0.2) is 5.11 Å². The Morgan fingerprint density at radius 3 is 2.53 bits per heavy atom. The molecule has 7 nitrogen and oxygen atoms in total. The molecule has 0 spiro atoms. The zero-order chi connectivity index (χ0) is 26.6. The third kappa shape index (κ3) is 4.99. The summed E-state index contributed by atoms with van der Waals surface area (Å²) in [5.41, 5.74) is 6.09. The number of thiocarbonyl (C=S) groups is 1. The van der Waals surface area contributed by atoms with Crippen LogP contribution in [-0.4, -0.2) is 39.1 Å². The van der Waals surface area contributed by atoms with Gasteiger partial charge in [-0.3, -0.25) is 9.78 Å². The van der Waals surface area contributed by atoms with Gasteiger partial charge in [-0.2, -0.15) is 0 Å². The molecule has 38 heavy (non-hydrogen) atoms. The van der Waals surface area contributed by atoms with E-state index in [4.69, 9.17) is 17.0 Å². The molecular weight excluding hydrogens is 494 g/mol. The molecule has 0 radical (unpaired) electrons. The highest BCUT2D eigenvalue weighted by Crippen LogP contribution is 2.41. The molecule has 1 amide bonds. The van der Waals surface area contributed by atoms with E-state index in [0.29, 0.717) is 23.1 Å². The summed E-state index contributed by atoms with van der Waals surface area (Å²) in [5, 5.41) is 7.07. The largest absolute Gasteiger partial charge is 0.495 e. The molecule has 2 aromatic heterocycles. The minimum atomic E-state index is -0.147. The molecule has 1 aliphatic rings. The van der Waals surface area contributed by atoms with Crippen molar-refractivity contribution in [3.63, 3.8) is 0 Å². The highest BCUT2D eigenvalue weighted by Gasteiger charge is 2.41. The molecule has 8 heteroatoms. The maximum Gasteiger partial charge on any atom is 0.226 e. The average Bonchev–Trinajstić information content (AvgIpc) is 3.42. The molecule has 0 saturated carbocycles. The summed E-state index contributed by atoms with van der Waals surface area (Å²) in [5.74, 6) is 0.521. The number of benzene rings is 2. The van der Waals surface area contributed by atoms with E-state index >= 15 is 0 Å². The Labute approximate surface area is 228 Å². The first kappa shape index (κ1) is 25.5. The number of hydrogen-bond acceptors (Lipinski definition) is 4. The summed E-state index contributed by atoms with van der Waals surface area (Å²) >= 11 is 5.82. The number of pyridine rings is 1. The van der Waals surface area contributed by atoms with E-state index in [1.807, 2.05) is 60.7 Å². The number of anilines is 1. The van der Waals surface area contributed by atoms with Crippen molar-refractivity contribution < 1.29 is 9.53 Å². The van der Waals surface area contributed by atoms with Gasteiger partial charge in [-0.15, -0.1) is 0 Å². The van der Waals surface area contributed by atoms with E-state index in [-0.39, 0.29) is 24.4 Å². The number of ether oxygens (including phenoxy) is 1. The molecule has 3 heterocycles. The van der Waals surface area contributed by atoms with Crippen LogP contribution in [0.2, 0.25) is 0 Å². The number of carbonyl (C=O) groups excluding carboxylic acids is 1. The molecule has 0 bridgehead atoms. The van der Waals surface area contributed by atoms with Crippen LogP contribution in [0.1, 0.15) is 41.1 Å². The summed E-state index contributed by atoms with van der Waals surface area (Å²) < 4.78 is 7.64. The first-order chi connectivity index (χ1) is 18.5. The Hall–Kier alpha value is -4.17. The molecule has 2 N–H and O–H groups in total. The Morgan fingerprint density at radius 2 is 1.79 bits per heavy atom. The molecule has 1 fully saturated rings. The summed E-state index contributed by atoms with van der Waals surface area (Å²) in [6.45, 7) is 4.71. The standard InChI is InChI=1S/C30H31N5O2S/c1-20-19-23(21(2)35(20)22-11-5-4-6-12-22)29-28(25-14-9-10-17-31-25)33-30(38)34(29)18-16-27(36)32-24-13-7-8-15-26(24)37-3/h4-15,17,19,28-29H,16,18H2,1-3H3,(H,32,36)(H,33,38)/t28-,29-/m1/s1. The Bertz CT molecular complexity index is 1440. The van der Waals surface area contributed by atoms with Gasteiger partial charge in [0.05, 0.1) is 30.6 Å². The van der Waals surface area contributed by atoms with Crippen LogP contribution in [0.4, 0.5) is 5.69 Å². The lowest BCUT2D eigenvalue weighted by Crippen LogP contribution is -2.33. The van der Waals surface area contributed by atoms with E-state index in [2.05, 4.69) is 57.1 Å². The van der Waals surface area contributed by atoms with Gasteiger partial charge in [0.2, 0.25) is 5.91 Å². The van der Waals surface area contributed by atoms with Gasteiger partial charge in [-0.05, 0) is 74.1 Å². The van der Waals surface area contributed by atoms with Gasteiger partial charge in [0.25, 0.3) is 0 Å². The van der Waals surface area contributed by atoms with Crippen LogP contribution in [-0.2, 0) is 4.79 Å². The molecule has 1 aliphatic heterocycles. The van der Waals surface area contributed by atoms with E-state index in [9.17, 15) is 4.79 Å². The first-order valence-electron chi connectivity index (χ1n) is 12.6. The fourth-order valence-corrected chi connectivity index (χ4v) is 5.56. The molecule has 2 aromatic carbocycles. The second-order valence-electron chi connectivity index (χ2n) is 9.32. The van der Waals surface area contributed by atoms with Crippen LogP contribution in [0.3, 0.4) is 0 Å². The van der Waals surface area contributed by atoms with Crippen molar-refractivity contribution in [2.45, 2.75) is 32.4 Å². The van der Waals surface area contributed by atoms with Crippen molar-refractivity contribution in [1.29, 1.82) is 0 Å². The smallest absolute Gasteiger partial charge is 0.226 e. The number of amides is 1. The Balaban J connectivity index is 1.45. The van der Waals surface area contributed by atoms with Crippen molar-refractivity contribution in [2.75, 3.05) is 19.0 Å². The third-order valence-electron chi connectivity index (χ3n) is 6.96. The highest BCUT2D eigenvalue weighted by atomic mass is 32.1. The van der Waals surface area contributed by atoms with Crippen molar-refractivity contribution in [2.24, 2.45) is 0 Å². The van der Waals surface area contributed by atoms with Crippen molar-refractivity contribution in [3.05, 3.63) is 108 Å². The van der Waals surface area contributed by atoms with Gasteiger partial charge in [-0.25, -0.2) is 0 Å². The molecular formula is C30H31N5O2S. The third-order valence-corrected chi connectivity index (χ3v) is 7.31. The number of carbonyl (C=O) groups is 1. The quantitative estimate of drug-likeness (QED) is 0.296. The van der Waals surface area contributed by atoms with Crippen molar-refractivity contribution >= 4 is 28.9 Å². The zero-order valence-electron chi connectivity index (χ0n) is 21.7. The number of rotatable bonds is 8. The molecule has 5 rings (SSSR count). The van der Waals surface area contributed by atoms with Crippen LogP contribution >= 0.6 is 12.2 Å². The van der Waals surface area contributed by atoms with Crippen molar-refractivity contribution in [3.8, 4) is 11.4 Å². The van der Waals surface area contributed by atoms with Gasteiger partial charge >= 0.3 is 0 Å². The highest BCUT2D eigenvalue weighted by molar-refractivity contribution is 7.80. The van der Waals surface area contributed by atoms with Crippen LogP contribution in [0, 0.1) is 13.8 Å². The van der Waals surface area contributed by atoms with Gasteiger partial charge in [0.1, 0.15) is 5.75 Å². The fourth-order valence-electron chi connectivity index (χ4n) is 5.23. The Kier molecular flexibility index (Phi) is 7.42. The van der Waals surface area contributed by atoms with Crippen LogP contribution in [0.5, 0.6) is 5.75 Å². The molecule has 1 saturated heterocycles. The van der Waals surface area contributed by atoms with Gasteiger partial charge in [-0.1, -0.05) is 36.4 Å². The number of para-hydroxylation sites is 3. The Morgan fingerprint density at radius 1 is 1.05 bits per heavy atom. The summed E-state index contributed by atoms with van der Waals surface area (Å²) in [6.07, 6.45) is 2.07. The molecule has 2 atom stereocenters. The number of nitrogens with zero attached hydrogens (tertiary/aromatic N) is 3. The fraction of sp³-hybridized carbons (Fsp3) is 0.233. The van der Waals surface area contributed by atoms with E-state index < -0.39 is 0 Å². The first-order valence-corrected chi connectivity index (χ1v) is 13.0. The van der Waals surface area contributed by atoms with E-state index in [0.717, 1.165) is 28.3 Å². The number of aryl methyl sites for hydroxylation is 1. The molecule has 0 unspecified atom stereocenters. The van der Waals surface area contributed by atoms with E-state index in [1.54, 1.807) is 13.3 Å². The van der Waals surface area contributed by atoms with Crippen LogP contribution in [0.15, 0.2) is 85.1 Å². The number of aromatic nitrogens is 2. The van der Waals surface area contributed by atoms with Gasteiger partial charge < -0.3 is 24.8 Å². The second-order valence-corrected chi connectivity index (χ2v) is 9.70. The predicted octanol–water partition coefficient (Wildman–Crippen LogP) is 5.50. The number of hydrogen-bond donors (Lipinski definition) is 2. The summed E-state index contributed by atoms with van der Waals surface area (Å²) in [7, 11) is 1.59. The number of nitrogens with one attached hydrogen (secondary N) is 2. The summed E-state index contributed by atoms with van der Waals surface area (Å²) in [6, 6.07) is 25.6. The second kappa shape index (κ2) is 11.1. The minimum absolute atomic E-state index is 0.105. The van der Waals surface area contributed by atoms with Crippen LogP contribution < -0.4 is 15.4 Å². The maximum atomic E-state index is 13.0. The van der Waals surface area contributed by atoms with Crippen LogP contribution in [0.25, 0.3) is 5.69 Å². The zero-order valence-corrected chi connectivity index (χ0v) is 22.5. The lowest BCUT2D eigenvalue weighted by Gasteiger charge is -2.28. The predicted molar refractivity (Wildman–Crippen MR) is 154 cm³/mol. The average molecular weight is 526 g/mol. The monoisotopic (exact) mass is 525 g/mol.